The molecule has 1 aromatic rings. The molecule has 1 aliphatic rings. The SMILES string of the molecule is O=[N+]([O-])C1(Cl)C(Cl)(Cl)CN(Cl)C1(Cl)c1ccccc1. The van der Waals surface area contributed by atoms with Gasteiger partial charge in [-0.05, 0) is 28.9 Å². The lowest BCUT2D eigenvalue weighted by atomic mass is 9.99. The van der Waals surface area contributed by atoms with Crippen molar-refractivity contribution in [2.24, 2.45) is 0 Å². The van der Waals surface area contributed by atoms with Crippen molar-refractivity contribution in [2.75, 3.05) is 6.54 Å². The van der Waals surface area contributed by atoms with Crippen molar-refractivity contribution in [2.45, 2.75) is 14.3 Å². The molecule has 19 heavy (non-hydrogen) atoms. The number of nitrogens with zero attached hydrogens (tertiary/aromatic N) is 2. The van der Waals surface area contributed by atoms with Crippen LogP contribution in [0.5, 0.6) is 0 Å². The molecule has 1 saturated heterocycles. The molecule has 0 spiro atoms. The predicted molar refractivity (Wildman–Crippen MR) is 76.5 cm³/mol. The topological polar surface area (TPSA) is 46.4 Å². The quantitative estimate of drug-likeness (QED) is 0.263. The number of nitro groups is 1. The third kappa shape index (κ3) is 1.93. The second-order valence-corrected chi connectivity index (χ2v) is 7.08. The van der Waals surface area contributed by atoms with Crippen LogP contribution in [0.25, 0.3) is 0 Å². The second-order valence-electron chi connectivity index (χ2n) is 4.09. The predicted octanol–water partition coefficient (Wildman–Crippen LogP) is 3.93. The summed E-state index contributed by atoms with van der Waals surface area (Å²) in [5, 5.41) is 11.4. The van der Waals surface area contributed by atoms with E-state index in [-0.39, 0.29) is 6.54 Å². The molecule has 0 radical (unpaired) electrons. The van der Waals surface area contributed by atoms with Crippen LogP contribution in [0.4, 0.5) is 0 Å². The lowest BCUT2D eigenvalue weighted by Crippen LogP contribution is -2.56. The lowest BCUT2D eigenvalue weighted by molar-refractivity contribution is -0.550. The van der Waals surface area contributed by atoms with Crippen LogP contribution in [0.2, 0.25) is 0 Å². The Labute approximate surface area is 134 Å². The van der Waals surface area contributed by atoms with E-state index < -0.39 is 19.3 Å². The molecule has 1 aliphatic heterocycles. The van der Waals surface area contributed by atoms with E-state index in [2.05, 4.69) is 0 Å². The molecular formula is C10H7Cl5N2O2. The summed E-state index contributed by atoms with van der Waals surface area (Å²) in [6.07, 6.45) is 0. The molecule has 0 aromatic heterocycles. The summed E-state index contributed by atoms with van der Waals surface area (Å²) in [7, 11) is 0. The normalized spacial score (nSPS) is 34.4. The minimum absolute atomic E-state index is 0.263. The van der Waals surface area contributed by atoms with E-state index in [1.165, 1.54) is 0 Å². The second kappa shape index (κ2) is 4.79. The van der Waals surface area contributed by atoms with E-state index in [0.717, 1.165) is 4.42 Å². The third-order valence-corrected chi connectivity index (χ3v) is 5.97. The average molecular weight is 364 g/mol. The molecule has 1 aromatic carbocycles. The number of benzene rings is 1. The van der Waals surface area contributed by atoms with Gasteiger partial charge in [0, 0.05) is 4.92 Å². The van der Waals surface area contributed by atoms with E-state index in [1.807, 2.05) is 0 Å². The molecule has 2 atom stereocenters. The Bertz CT molecular complexity index is 514. The molecule has 1 fully saturated rings. The maximum absolute atomic E-state index is 11.4. The Hall–Kier alpha value is 0.0300. The van der Waals surface area contributed by atoms with Gasteiger partial charge in [-0.15, -0.1) is 0 Å². The molecule has 2 rings (SSSR count). The first kappa shape index (κ1) is 15.4. The van der Waals surface area contributed by atoms with Gasteiger partial charge in [0.25, 0.3) is 0 Å². The van der Waals surface area contributed by atoms with E-state index in [4.69, 9.17) is 58.2 Å². The Kier molecular flexibility index (Phi) is 3.89. The molecule has 0 aliphatic carbocycles. The van der Waals surface area contributed by atoms with Crippen molar-refractivity contribution < 1.29 is 4.92 Å². The fourth-order valence-electron chi connectivity index (χ4n) is 2.04. The highest BCUT2D eigenvalue weighted by molar-refractivity contribution is 6.56. The summed E-state index contributed by atoms with van der Waals surface area (Å²) >= 11 is 30.5. The van der Waals surface area contributed by atoms with Crippen molar-refractivity contribution in [3.05, 3.63) is 46.0 Å². The molecule has 4 nitrogen and oxygen atoms in total. The van der Waals surface area contributed by atoms with Crippen LogP contribution in [-0.4, -0.2) is 25.2 Å². The van der Waals surface area contributed by atoms with Crippen LogP contribution in [-0.2, 0) is 5.00 Å². The molecule has 0 saturated carbocycles. The van der Waals surface area contributed by atoms with Crippen molar-refractivity contribution in [3.63, 3.8) is 0 Å². The molecule has 1 heterocycles. The zero-order valence-electron chi connectivity index (χ0n) is 9.19. The number of rotatable bonds is 2. The van der Waals surface area contributed by atoms with Crippen LogP contribution < -0.4 is 0 Å². The fourth-order valence-corrected chi connectivity index (χ4v) is 4.04. The summed E-state index contributed by atoms with van der Waals surface area (Å²) in [6, 6.07) is 8.18. The standard InChI is InChI=1S/C10H7Cl5N2O2/c11-8(12)6-16(15)9(13,10(8,14)17(18)19)7-4-2-1-3-5-7/h1-5H,6H2. The number of hydrogen-bond acceptors (Lipinski definition) is 3. The number of hydrogen-bond donors (Lipinski definition) is 0. The number of alkyl halides is 4. The first-order valence-corrected chi connectivity index (χ1v) is 6.92. The van der Waals surface area contributed by atoms with Gasteiger partial charge in [-0.3, -0.25) is 10.1 Å². The van der Waals surface area contributed by atoms with Crippen molar-refractivity contribution in [1.29, 1.82) is 0 Å². The van der Waals surface area contributed by atoms with Crippen LogP contribution in [0, 0.1) is 10.1 Å². The molecule has 9 heteroatoms. The minimum atomic E-state index is -2.40. The van der Waals surface area contributed by atoms with Gasteiger partial charge in [0.15, 0.2) is 0 Å². The Balaban J connectivity index is 2.69. The fraction of sp³-hybridized carbons (Fsp3) is 0.400. The van der Waals surface area contributed by atoms with Gasteiger partial charge in [0.05, 0.1) is 6.54 Å². The van der Waals surface area contributed by atoms with Gasteiger partial charge >= 0.3 is 5.00 Å². The van der Waals surface area contributed by atoms with Crippen LogP contribution >= 0.6 is 58.2 Å². The largest absolute Gasteiger partial charge is 0.365 e. The first-order chi connectivity index (χ1) is 8.68. The highest BCUT2D eigenvalue weighted by Gasteiger charge is 2.80. The maximum Gasteiger partial charge on any atom is 0.365 e. The minimum Gasteiger partial charge on any atom is -0.262 e. The summed E-state index contributed by atoms with van der Waals surface area (Å²) < 4.78 is -0.989. The van der Waals surface area contributed by atoms with Gasteiger partial charge in [0.1, 0.15) is 0 Å². The highest BCUT2D eigenvalue weighted by Crippen LogP contribution is 2.62. The van der Waals surface area contributed by atoms with E-state index in [9.17, 15) is 10.1 Å². The molecule has 0 amide bonds. The first-order valence-electron chi connectivity index (χ1n) is 5.07. The molecular weight excluding hydrogens is 357 g/mol. The molecule has 2 unspecified atom stereocenters. The van der Waals surface area contributed by atoms with Gasteiger partial charge in [-0.25, -0.2) is 0 Å². The Morgan fingerprint density at radius 1 is 1.16 bits per heavy atom. The molecule has 0 bridgehead atoms. The molecule has 0 N–H and O–H groups in total. The Morgan fingerprint density at radius 2 is 1.68 bits per heavy atom. The maximum atomic E-state index is 11.4. The third-order valence-electron chi connectivity index (χ3n) is 3.00. The zero-order chi connectivity index (χ0) is 14.5. The van der Waals surface area contributed by atoms with E-state index in [1.54, 1.807) is 30.3 Å². The van der Waals surface area contributed by atoms with Gasteiger partial charge in [0.2, 0.25) is 9.33 Å². The zero-order valence-corrected chi connectivity index (χ0v) is 13.0. The van der Waals surface area contributed by atoms with Crippen molar-refractivity contribution in [3.8, 4) is 0 Å². The molecule has 104 valence electrons. The van der Waals surface area contributed by atoms with Gasteiger partial charge < -0.3 is 0 Å². The lowest BCUT2D eigenvalue weighted by Gasteiger charge is -2.34. The van der Waals surface area contributed by atoms with Crippen LogP contribution in [0.1, 0.15) is 5.56 Å². The number of halogens is 5. The summed E-state index contributed by atoms with van der Waals surface area (Å²) in [5.41, 5.74) is 0.335. The summed E-state index contributed by atoms with van der Waals surface area (Å²) in [4.78, 5) is 6.33. The summed E-state index contributed by atoms with van der Waals surface area (Å²) in [6.45, 7) is -0.263. The van der Waals surface area contributed by atoms with Crippen molar-refractivity contribution in [1.82, 2.24) is 4.42 Å². The van der Waals surface area contributed by atoms with Crippen LogP contribution in [0.3, 0.4) is 0 Å². The summed E-state index contributed by atoms with van der Waals surface area (Å²) in [5.74, 6) is 0. The average Bonchev–Trinajstić information content (AvgIpc) is 2.49. The Morgan fingerprint density at radius 3 is 2.16 bits per heavy atom. The smallest absolute Gasteiger partial charge is 0.262 e. The van der Waals surface area contributed by atoms with Gasteiger partial charge in [-0.1, -0.05) is 65.1 Å². The van der Waals surface area contributed by atoms with E-state index >= 15 is 0 Å². The van der Waals surface area contributed by atoms with Crippen LogP contribution in [0.15, 0.2) is 30.3 Å². The van der Waals surface area contributed by atoms with Gasteiger partial charge in [-0.2, -0.15) is 4.42 Å². The van der Waals surface area contributed by atoms with Crippen molar-refractivity contribution >= 4 is 58.2 Å². The van der Waals surface area contributed by atoms with E-state index in [0.29, 0.717) is 5.56 Å². The highest BCUT2D eigenvalue weighted by atomic mass is 35.5. The monoisotopic (exact) mass is 362 g/mol.